The summed E-state index contributed by atoms with van der Waals surface area (Å²) >= 11 is 0. The van der Waals surface area contributed by atoms with Crippen LogP contribution in [0.3, 0.4) is 0 Å². The van der Waals surface area contributed by atoms with Gasteiger partial charge in [-0.3, -0.25) is 0 Å². The Morgan fingerprint density at radius 2 is 1.06 bits per heavy atom. The van der Waals surface area contributed by atoms with E-state index in [1.54, 1.807) is 0 Å². The minimum atomic E-state index is 0. The Labute approximate surface area is 186 Å². The third kappa shape index (κ3) is 4.29. The lowest BCUT2D eigenvalue weighted by Crippen LogP contribution is -2.30. The molecule has 31 heavy (non-hydrogen) atoms. The molecule has 3 aromatic rings. The lowest BCUT2D eigenvalue weighted by molar-refractivity contribution is 0.920. The second-order valence-corrected chi connectivity index (χ2v) is 6.97. The van der Waals surface area contributed by atoms with Crippen molar-refractivity contribution < 1.29 is 0 Å². The molecule has 0 spiro atoms. The highest BCUT2D eigenvalue weighted by Gasteiger charge is 2.12. The van der Waals surface area contributed by atoms with Gasteiger partial charge in [0, 0.05) is 24.2 Å². The van der Waals surface area contributed by atoms with E-state index in [1.807, 2.05) is 36.7 Å². The lowest BCUT2D eigenvalue weighted by atomic mass is 9.92. The number of hydrogen-bond acceptors (Lipinski definition) is 8. The summed E-state index contributed by atoms with van der Waals surface area (Å²) in [6.07, 6.45) is 3.73. The zero-order valence-corrected chi connectivity index (χ0v) is 17.6. The molecule has 0 atom stereocenters. The number of guanidine groups is 2. The molecule has 5 rings (SSSR count). The van der Waals surface area contributed by atoms with Crippen LogP contribution in [0.5, 0.6) is 0 Å². The number of hydrogen-bond donors (Lipinski definition) is 4. The first-order valence-electron chi connectivity index (χ1n) is 9.98. The third-order valence-electron chi connectivity index (χ3n) is 5.09. The molecule has 4 N–H and O–H groups in total. The van der Waals surface area contributed by atoms with Gasteiger partial charge in [0.05, 0.1) is 25.5 Å². The van der Waals surface area contributed by atoms with E-state index in [0.717, 1.165) is 58.9 Å². The van der Waals surface area contributed by atoms with Crippen molar-refractivity contribution in [3.05, 3.63) is 59.7 Å². The van der Waals surface area contributed by atoms with E-state index in [2.05, 4.69) is 65.9 Å². The number of rotatable bonds is 4. The van der Waals surface area contributed by atoms with E-state index in [9.17, 15) is 0 Å². The van der Waals surface area contributed by atoms with Gasteiger partial charge in [0.15, 0.2) is 0 Å². The first kappa shape index (κ1) is 20.6. The predicted octanol–water partition coefficient (Wildman–Crippen LogP) is 2.18. The van der Waals surface area contributed by atoms with Crippen LogP contribution in [0.15, 0.2) is 68.7 Å². The highest BCUT2D eigenvalue weighted by atomic mass is 35.5. The van der Waals surface area contributed by atoms with Gasteiger partial charge in [0.25, 0.3) is 0 Å². The summed E-state index contributed by atoms with van der Waals surface area (Å²) in [4.78, 5) is 8.63. The van der Waals surface area contributed by atoms with Gasteiger partial charge in [0.2, 0.25) is 11.9 Å². The summed E-state index contributed by atoms with van der Waals surface area (Å²) in [7, 11) is 0. The van der Waals surface area contributed by atoms with Crippen LogP contribution in [-0.4, -0.2) is 50.5 Å². The highest BCUT2D eigenvalue weighted by Crippen LogP contribution is 2.31. The first-order valence-corrected chi connectivity index (χ1v) is 9.98. The Morgan fingerprint density at radius 3 is 1.39 bits per heavy atom. The van der Waals surface area contributed by atoms with Gasteiger partial charge < -0.3 is 10.6 Å². The minimum Gasteiger partial charge on any atom is -0.353 e. The number of aliphatic imine (C=N–C) groups is 2. The van der Waals surface area contributed by atoms with Gasteiger partial charge in [-0.25, -0.2) is 20.8 Å². The molecular formula is C22H23ClN8. The van der Waals surface area contributed by atoms with E-state index in [1.165, 1.54) is 0 Å². The zero-order valence-electron chi connectivity index (χ0n) is 16.8. The molecule has 0 aliphatic carbocycles. The van der Waals surface area contributed by atoms with Gasteiger partial charge in [-0.15, -0.1) is 12.4 Å². The average molecular weight is 435 g/mol. The number of nitrogens with one attached hydrogen (secondary N) is 4. The number of halogens is 1. The Balaban J connectivity index is 0.00000231. The molecule has 0 saturated heterocycles. The number of nitrogens with zero attached hydrogens (tertiary/aromatic N) is 4. The van der Waals surface area contributed by atoms with Gasteiger partial charge >= 0.3 is 0 Å². The maximum atomic E-state index is 4.43. The number of hydrazone groups is 2. The second-order valence-electron chi connectivity index (χ2n) is 6.97. The minimum absolute atomic E-state index is 0. The lowest BCUT2D eigenvalue weighted by Gasteiger charge is -2.12. The van der Waals surface area contributed by atoms with Gasteiger partial charge in [-0.2, -0.15) is 10.2 Å². The van der Waals surface area contributed by atoms with Crippen LogP contribution < -0.4 is 21.5 Å². The van der Waals surface area contributed by atoms with Crippen LogP contribution in [-0.2, 0) is 0 Å². The quantitative estimate of drug-likeness (QED) is 0.287. The molecule has 2 heterocycles. The molecule has 0 amide bonds. The molecule has 0 aromatic heterocycles. The molecule has 0 unspecified atom stereocenters. The maximum Gasteiger partial charge on any atom is 0.212 e. The Bertz CT molecular complexity index is 1060. The standard InChI is InChI=1S/C22H22N8.ClH/c1-2-6-16-15(5-1)19(13-27-29-21-23-9-10-24-21)17-7-3-4-8-18(17)20(16)14-28-30-22-25-11-12-26-22;/h1-8,13-14H,9-12H2,(H2,23,24,29)(H2,25,26,30);1H. The molecule has 8 nitrogen and oxygen atoms in total. The van der Waals surface area contributed by atoms with Crippen LogP contribution in [0.4, 0.5) is 0 Å². The number of fused-ring (bicyclic) bond motifs is 2. The van der Waals surface area contributed by atoms with E-state index in [0.29, 0.717) is 11.9 Å². The molecule has 0 bridgehead atoms. The van der Waals surface area contributed by atoms with Crippen molar-refractivity contribution in [2.45, 2.75) is 0 Å². The molecule has 9 heteroatoms. The first-order chi connectivity index (χ1) is 14.9. The van der Waals surface area contributed by atoms with Crippen LogP contribution >= 0.6 is 12.4 Å². The third-order valence-corrected chi connectivity index (χ3v) is 5.09. The topological polar surface area (TPSA) is 97.6 Å². The van der Waals surface area contributed by atoms with E-state index >= 15 is 0 Å². The summed E-state index contributed by atoms with van der Waals surface area (Å²) in [5.74, 6) is 1.41. The summed E-state index contributed by atoms with van der Waals surface area (Å²) in [6, 6.07) is 16.6. The van der Waals surface area contributed by atoms with Crippen molar-refractivity contribution in [1.82, 2.24) is 21.5 Å². The fraction of sp³-hybridized carbons (Fsp3) is 0.182. The molecule has 0 saturated carbocycles. The molecule has 2 aliphatic rings. The Hall–Kier alpha value is -3.65. The summed E-state index contributed by atoms with van der Waals surface area (Å²) in [5, 5.41) is 19.6. The van der Waals surface area contributed by atoms with Crippen molar-refractivity contribution >= 4 is 58.3 Å². The van der Waals surface area contributed by atoms with Crippen LogP contribution in [0.25, 0.3) is 21.5 Å². The average Bonchev–Trinajstić information content (AvgIpc) is 3.49. The van der Waals surface area contributed by atoms with Crippen molar-refractivity contribution in [2.24, 2.45) is 20.2 Å². The maximum absolute atomic E-state index is 4.43. The molecule has 2 aliphatic heterocycles. The SMILES string of the molecule is C(=NNC1=NCCN1)c1c2ccccc2c(C=NNC2=NCCN2)c2ccccc12.Cl. The van der Waals surface area contributed by atoms with Crippen LogP contribution in [0.2, 0.25) is 0 Å². The molecule has 0 fully saturated rings. The normalized spacial score (nSPS) is 15.6. The molecule has 3 aromatic carbocycles. The Morgan fingerprint density at radius 1 is 0.677 bits per heavy atom. The molecule has 0 radical (unpaired) electrons. The fourth-order valence-corrected chi connectivity index (χ4v) is 3.74. The highest BCUT2D eigenvalue weighted by molar-refractivity contribution is 6.21. The van der Waals surface area contributed by atoms with Crippen molar-refractivity contribution in [2.75, 3.05) is 26.2 Å². The largest absolute Gasteiger partial charge is 0.353 e. The van der Waals surface area contributed by atoms with Gasteiger partial charge in [0.1, 0.15) is 0 Å². The van der Waals surface area contributed by atoms with E-state index < -0.39 is 0 Å². The smallest absolute Gasteiger partial charge is 0.212 e. The van der Waals surface area contributed by atoms with Crippen LogP contribution in [0, 0.1) is 0 Å². The summed E-state index contributed by atoms with van der Waals surface area (Å²) in [5.41, 5.74) is 8.09. The Kier molecular flexibility index (Phi) is 6.28. The van der Waals surface area contributed by atoms with Crippen LogP contribution in [0.1, 0.15) is 11.1 Å². The zero-order chi connectivity index (χ0) is 20.2. The van der Waals surface area contributed by atoms with Gasteiger partial charge in [-0.05, 0) is 21.5 Å². The van der Waals surface area contributed by atoms with Crippen molar-refractivity contribution in [3.8, 4) is 0 Å². The predicted molar refractivity (Wildman–Crippen MR) is 131 cm³/mol. The van der Waals surface area contributed by atoms with E-state index in [4.69, 9.17) is 0 Å². The number of benzene rings is 3. The monoisotopic (exact) mass is 434 g/mol. The van der Waals surface area contributed by atoms with Crippen molar-refractivity contribution in [1.29, 1.82) is 0 Å². The summed E-state index contributed by atoms with van der Waals surface area (Å²) in [6.45, 7) is 3.23. The molecule has 158 valence electrons. The fourth-order valence-electron chi connectivity index (χ4n) is 3.74. The van der Waals surface area contributed by atoms with Gasteiger partial charge in [-0.1, -0.05) is 48.5 Å². The summed E-state index contributed by atoms with van der Waals surface area (Å²) < 4.78 is 0. The van der Waals surface area contributed by atoms with Crippen molar-refractivity contribution in [3.63, 3.8) is 0 Å². The molecular weight excluding hydrogens is 412 g/mol. The van der Waals surface area contributed by atoms with E-state index in [-0.39, 0.29) is 12.4 Å². The second kappa shape index (κ2) is 9.44.